The molecule has 1 N–H and O–H groups in total. The number of carbonyl (C=O) groups is 2. The topological polar surface area (TPSA) is 66.8 Å². The van der Waals surface area contributed by atoms with Gasteiger partial charge in [-0.15, -0.1) is 0 Å². The van der Waals surface area contributed by atoms with Gasteiger partial charge >= 0.3 is 5.97 Å². The van der Waals surface area contributed by atoms with Gasteiger partial charge in [0.25, 0.3) is 0 Å². The number of nitrogens with zero attached hydrogens (tertiary/aromatic N) is 1. The third-order valence-corrected chi connectivity index (χ3v) is 4.17. The van der Waals surface area contributed by atoms with Crippen LogP contribution >= 0.6 is 0 Å². The first-order valence-corrected chi connectivity index (χ1v) is 8.15. The Balaban J connectivity index is 1.83. The maximum atomic E-state index is 12.3. The number of benzene rings is 1. The van der Waals surface area contributed by atoms with Gasteiger partial charge in [0.15, 0.2) is 0 Å². The maximum Gasteiger partial charge on any atom is 0.306 e. The molecule has 0 spiro atoms. The summed E-state index contributed by atoms with van der Waals surface area (Å²) >= 11 is 0. The summed E-state index contributed by atoms with van der Waals surface area (Å²) in [5, 5.41) is 8.82. The Morgan fingerprint density at radius 2 is 2.00 bits per heavy atom. The summed E-state index contributed by atoms with van der Waals surface area (Å²) < 4.78 is 5.39. The van der Waals surface area contributed by atoms with Crippen LogP contribution in [0.3, 0.4) is 0 Å². The summed E-state index contributed by atoms with van der Waals surface area (Å²) in [6, 6.07) is 8.38. The van der Waals surface area contributed by atoms with E-state index < -0.39 is 12.1 Å². The SMILES string of the molecule is CC(C)c1ccc(CCC(=O)N2CCO[C@H](CC(=O)O)C2)cc1. The van der Waals surface area contributed by atoms with Crippen LogP contribution < -0.4 is 0 Å². The van der Waals surface area contributed by atoms with E-state index in [2.05, 4.69) is 38.1 Å². The van der Waals surface area contributed by atoms with Gasteiger partial charge in [0.2, 0.25) is 5.91 Å². The summed E-state index contributed by atoms with van der Waals surface area (Å²) in [5.41, 5.74) is 2.45. The van der Waals surface area contributed by atoms with Crippen molar-refractivity contribution in [3.8, 4) is 0 Å². The van der Waals surface area contributed by atoms with E-state index in [1.807, 2.05) is 0 Å². The van der Waals surface area contributed by atoms with Crippen molar-refractivity contribution in [3.05, 3.63) is 35.4 Å². The normalized spacial score (nSPS) is 18.2. The number of hydrogen-bond donors (Lipinski definition) is 1. The minimum absolute atomic E-state index is 0.0551. The summed E-state index contributed by atoms with van der Waals surface area (Å²) in [6.45, 7) is 5.64. The molecule has 1 aromatic rings. The minimum atomic E-state index is -0.894. The first-order chi connectivity index (χ1) is 11.0. The minimum Gasteiger partial charge on any atom is -0.481 e. The molecule has 126 valence electrons. The number of aliphatic carboxylic acids is 1. The summed E-state index contributed by atoms with van der Waals surface area (Å²) in [7, 11) is 0. The van der Waals surface area contributed by atoms with E-state index >= 15 is 0 Å². The lowest BCUT2D eigenvalue weighted by atomic mass is 10.00. The highest BCUT2D eigenvalue weighted by Gasteiger charge is 2.25. The largest absolute Gasteiger partial charge is 0.481 e. The van der Waals surface area contributed by atoms with E-state index in [1.54, 1.807) is 4.90 Å². The molecule has 0 unspecified atom stereocenters. The molecular weight excluding hydrogens is 294 g/mol. The predicted octanol–water partition coefficient (Wildman–Crippen LogP) is 2.44. The lowest BCUT2D eigenvalue weighted by Gasteiger charge is -2.32. The van der Waals surface area contributed by atoms with Crippen molar-refractivity contribution in [2.24, 2.45) is 0 Å². The average molecular weight is 319 g/mol. The number of carbonyl (C=O) groups excluding carboxylic acids is 1. The van der Waals surface area contributed by atoms with Crippen LogP contribution in [0.25, 0.3) is 0 Å². The van der Waals surface area contributed by atoms with Crippen LogP contribution in [0.1, 0.15) is 43.7 Å². The van der Waals surface area contributed by atoms with Crippen LogP contribution in [-0.2, 0) is 20.7 Å². The van der Waals surface area contributed by atoms with Crippen molar-refractivity contribution in [3.63, 3.8) is 0 Å². The number of aryl methyl sites for hydroxylation is 1. The molecule has 1 fully saturated rings. The Kier molecular flexibility index (Phi) is 6.16. The number of rotatable bonds is 6. The molecule has 0 aliphatic carbocycles. The van der Waals surface area contributed by atoms with Crippen molar-refractivity contribution in [1.82, 2.24) is 4.90 Å². The fourth-order valence-corrected chi connectivity index (χ4v) is 2.74. The van der Waals surface area contributed by atoms with Gasteiger partial charge in [-0.05, 0) is 23.5 Å². The zero-order valence-electron chi connectivity index (χ0n) is 13.8. The van der Waals surface area contributed by atoms with Crippen LogP contribution in [0.15, 0.2) is 24.3 Å². The molecule has 0 bridgehead atoms. The van der Waals surface area contributed by atoms with E-state index in [0.29, 0.717) is 38.5 Å². The van der Waals surface area contributed by atoms with Gasteiger partial charge in [0.1, 0.15) is 0 Å². The second kappa shape index (κ2) is 8.11. The number of carboxylic acids is 1. The lowest BCUT2D eigenvalue weighted by Crippen LogP contribution is -2.46. The summed E-state index contributed by atoms with van der Waals surface area (Å²) in [4.78, 5) is 24.8. The number of morpholine rings is 1. The molecule has 0 aromatic heterocycles. The van der Waals surface area contributed by atoms with Gasteiger partial charge in [0, 0.05) is 19.5 Å². The highest BCUT2D eigenvalue weighted by atomic mass is 16.5. The number of carboxylic acid groups (broad SMARTS) is 1. The molecule has 1 aromatic carbocycles. The van der Waals surface area contributed by atoms with Crippen LogP contribution in [0.2, 0.25) is 0 Å². The molecule has 1 heterocycles. The Labute approximate surface area is 137 Å². The molecule has 5 heteroatoms. The smallest absolute Gasteiger partial charge is 0.306 e. The second-order valence-corrected chi connectivity index (χ2v) is 6.33. The van der Waals surface area contributed by atoms with Gasteiger partial charge in [-0.3, -0.25) is 9.59 Å². The third kappa shape index (κ3) is 5.36. The van der Waals surface area contributed by atoms with Crippen molar-refractivity contribution in [1.29, 1.82) is 0 Å². The second-order valence-electron chi connectivity index (χ2n) is 6.33. The van der Waals surface area contributed by atoms with E-state index in [9.17, 15) is 9.59 Å². The molecule has 1 aliphatic heterocycles. The zero-order valence-corrected chi connectivity index (χ0v) is 13.8. The van der Waals surface area contributed by atoms with E-state index in [1.165, 1.54) is 5.56 Å². The van der Waals surface area contributed by atoms with E-state index in [0.717, 1.165) is 5.56 Å². The Morgan fingerprint density at radius 1 is 1.30 bits per heavy atom. The standard InChI is InChI=1S/C18H25NO4/c1-13(2)15-6-3-14(4-7-15)5-8-17(20)19-9-10-23-16(12-19)11-18(21)22/h3-4,6-7,13,16H,5,8-12H2,1-2H3,(H,21,22)/t16-/m1/s1. The van der Waals surface area contributed by atoms with Crippen molar-refractivity contribution in [2.75, 3.05) is 19.7 Å². The van der Waals surface area contributed by atoms with Crippen LogP contribution in [-0.4, -0.2) is 47.7 Å². The first-order valence-electron chi connectivity index (χ1n) is 8.15. The van der Waals surface area contributed by atoms with Gasteiger partial charge in [0.05, 0.1) is 19.1 Å². The molecule has 1 amide bonds. The van der Waals surface area contributed by atoms with Crippen molar-refractivity contribution in [2.45, 2.75) is 45.1 Å². The van der Waals surface area contributed by atoms with Crippen LogP contribution in [0, 0.1) is 0 Å². The quantitative estimate of drug-likeness (QED) is 0.874. The molecular formula is C18H25NO4. The monoisotopic (exact) mass is 319 g/mol. The first kappa shape index (κ1) is 17.5. The molecule has 5 nitrogen and oxygen atoms in total. The molecule has 0 saturated carbocycles. The Bertz CT molecular complexity index is 538. The number of ether oxygens (including phenoxy) is 1. The molecule has 0 radical (unpaired) electrons. The van der Waals surface area contributed by atoms with Gasteiger partial charge in [-0.25, -0.2) is 0 Å². The van der Waals surface area contributed by atoms with Crippen molar-refractivity contribution >= 4 is 11.9 Å². The van der Waals surface area contributed by atoms with E-state index in [-0.39, 0.29) is 12.3 Å². The fraction of sp³-hybridized carbons (Fsp3) is 0.556. The maximum absolute atomic E-state index is 12.3. The third-order valence-electron chi connectivity index (χ3n) is 4.17. The fourth-order valence-electron chi connectivity index (χ4n) is 2.74. The Hall–Kier alpha value is -1.88. The van der Waals surface area contributed by atoms with Gasteiger partial charge < -0.3 is 14.7 Å². The number of hydrogen-bond acceptors (Lipinski definition) is 3. The van der Waals surface area contributed by atoms with Gasteiger partial charge in [-0.1, -0.05) is 38.1 Å². The molecule has 2 rings (SSSR count). The average Bonchev–Trinajstić information content (AvgIpc) is 2.52. The molecule has 1 saturated heterocycles. The highest BCUT2D eigenvalue weighted by Crippen LogP contribution is 2.16. The summed E-state index contributed by atoms with van der Waals surface area (Å²) in [5.74, 6) is -0.323. The molecule has 23 heavy (non-hydrogen) atoms. The van der Waals surface area contributed by atoms with E-state index in [4.69, 9.17) is 9.84 Å². The highest BCUT2D eigenvalue weighted by molar-refractivity contribution is 5.76. The van der Waals surface area contributed by atoms with Crippen molar-refractivity contribution < 1.29 is 19.4 Å². The molecule has 1 aliphatic rings. The van der Waals surface area contributed by atoms with Gasteiger partial charge in [-0.2, -0.15) is 0 Å². The lowest BCUT2D eigenvalue weighted by molar-refractivity contribution is -0.147. The number of amides is 1. The van der Waals surface area contributed by atoms with Crippen LogP contribution in [0.5, 0.6) is 0 Å². The molecule has 1 atom stereocenters. The Morgan fingerprint density at radius 3 is 2.61 bits per heavy atom. The zero-order chi connectivity index (χ0) is 16.8. The predicted molar refractivity (Wildman–Crippen MR) is 87.4 cm³/mol. The van der Waals surface area contributed by atoms with Crippen LogP contribution in [0.4, 0.5) is 0 Å². The summed E-state index contributed by atoms with van der Waals surface area (Å²) in [6.07, 6.45) is 0.704.